The normalized spacial score (nSPS) is 15.3. The molecule has 0 aliphatic heterocycles. The zero-order valence-corrected chi connectivity index (χ0v) is 21.7. The van der Waals surface area contributed by atoms with E-state index in [2.05, 4.69) is 98.3 Å². The summed E-state index contributed by atoms with van der Waals surface area (Å²) in [6, 6.07) is 26.8. The first-order chi connectivity index (χ1) is 16.1. The van der Waals surface area contributed by atoms with Crippen molar-refractivity contribution in [3.05, 3.63) is 78.4 Å². The Balaban J connectivity index is 0.000000210. The van der Waals surface area contributed by atoms with Crippen molar-refractivity contribution in [2.24, 2.45) is 0 Å². The van der Waals surface area contributed by atoms with Crippen LogP contribution in [0.3, 0.4) is 0 Å². The standard InChI is InChI=1S/C22H21S.C6H13NO3S/c1-22(2,3)16-12-14-17(15-13-16)23-20-10-6-4-8-18(20)19-9-5-7-11-21(19)23;8-11(9,10)7-6-4-2-1-3-5-6/h4-15H,1-3H3;6-7H,1-5H2,(H,8,9,10)/q+1;/p-1. The van der Waals surface area contributed by atoms with Crippen LogP contribution in [-0.2, 0) is 15.7 Å². The summed E-state index contributed by atoms with van der Waals surface area (Å²) in [4.78, 5) is 1.41. The minimum Gasteiger partial charge on any atom is -0.735 e. The van der Waals surface area contributed by atoms with Crippen LogP contribution in [0.15, 0.2) is 72.8 Å². The number of hydrogen-bond acceptors (Lipinski definition) is 3. The van der Waals surface area contributed by atoms with Crippen molar-refractivity contribution >= 4 is 40.9 Å². The molecule has 1 fully saturated rings. The predicted molar refractivity (Wildman–Crippen MR) is 144 cm³/mol. The number of thiophene rings is 1. The Morgan fingerprint density at radius 2 is 1.29 bits per heavy atom. The third kappa shape index (κ3) is 5.87. The van der Waals surface area contributed by atoms with Crippen molar-refractivity contribution in [1.82, 2.24) is 4.72 Å². The van der Waals surface area contributed by atoms with E-state index < -0.39 is 10.3 Å². The van der Waals surface area contributed by atoms with E-state index in [0.29, 0.717) is 0 Å². The van der Waals surface area contributed by atoms with Gasteiger partial charge in [-0.2, -0.15) is 0 Å². The lowest BCUT2D eigenvalue weighted by atomic mass is 9.87. The zero-order valence-electron chi connectivity index (χ0n) is 20.1. The molecule has 0 bridgehead atoms. The zero-order chi connectivity index (χ0) is 24.3. The first-order valence-electron chi connectivity index (χ1n) is 11.9. The van der Waals surface area contributed by atoms with Crippen molar-refractivity contribution in [2.75, 3.05) is 0 Å². The fourth-order valence-corrected chi connectivity index (χ4v) is 7.64. The van der Waals surface area contributed by atoms with E-state index in [4.69, 9.17) is 0 Å². The lowest BCUT2D eigenvalue weighted by molar-refractivity contribution is 0.382. The van der Waals surface area contributed by atoms with Crippen molar-refractivity contribution in [2.45, 2.75) is 64.3 Å². The summed E-state index contributed by atoms with van der Waals surface area (Å²) in [5.41, 5.74) is 1.60. The molecule has 1 aromatic heterocycles. The van der Waals surface area contributed by atoms with Crippen LogP contribution in [0, 0.1) is 0 Å². The number of hydrogen-bond donors (Lipinski definition) is 1. The molecule has 0 unspecified atom stereocenters. The quantitative estimate of drug-likeness (QED) is 0.238. The maximum absolute atomic E-state index is 10.2. The van der Waals surface area contributed by atoms with Crippen LogP contribution < -0.4 is 4.72 Å². The van der Waals surface area contributed by atoms with Gasteiger partial charge in [0.1, 0.15) is 0 Å². The first-order valence-corrected chi connectivity index (χ1v) is 14.5. The van der Waals surface area contributed by atoms with Crippen LogP contribution in [0.5, 0.6) is 0 Å². The Morgan fingerprint density at radius 3 is 1.76 bits per heavy atom. The average Bonchev–Trinajstić information content (AvgIpc) is 3.13. The molecule has 0 saturated heterocycles. The number of fused-ring (bicyclic) bond motifs is 3. The van der Waals surface area contributed by atoms with Crippen LogP contribution in [0.25, 0.3) is 25.1 Å². The summed E-state index contributed by atoms with van der Waals surface area (Å²) in [5, 5.41) is 2.79. The van der Waals surface area contributed by atoms with Crippen LogP contribution >= 0.6 is 10.5 Å². The minimum absolute atomic E-state index is 0.0244. The number of nitrogens with one attached hydrogen (secondary N) is 1. The fraction of sp³-hybridized carbons (Fsp3) is 0.357. The Hall–Kier alpha value is -2.25. The highest BCUT2D eigenvalue weighted by molar-refractivity contribution is 7.83. The molecule has 6 heteroatoms. The molecule has 5 rings (SSSR count). The maximum atomic E-state index is 10.2. The van der Waals surface area contributed by atoms with Gasteiger partial charge in [-0.25, -0.2) is 13.1 Å². The van der Waals surface area contributed by atoms with Crippen LogP contribution in [-0.4, -0.2) is 19.0 Å². The molecule has 1 aliphatic carbocycles. The van der Waals surface area contributed by atoms with Gasteiger partial charge in [0, 0.05) is 27.3 Å². The Bertz CT molecular complexity index is 1310. The highest BCUT2D eigenvalue weighted by Crippen LogP contribution is 2.48. The molecule has 4 nitrogen and oxygen atoms in total. The van der Waals surface area contributed by atoms with Gasteiger partial charge in [-0.05, 0) is 60.2 Å². The molecule has 1 N–H and O–H groups in total. The molecule has 34 heavy (non-hydrogen) atoms. The van der Waals surface area contributed by atoms with E-state index in [0.717, 1.165) is 32.1 Å². The van der Waals surface area contributed by atoms with Gasteiger partial charge in [0.15, 0.2) is 24.6 Å². The van der Waals surface area contributed by atoms with Crippen LogP contribution in [0.4, 0.5) is 0 Å². The van der Waals surface area contributed by atoms with E-state index in [-0.39, 0.29) is 21.9 Å². The van der Waals surface area contributed by atoms with Gasteiger partial charge in [-0.1, -0.05) is 76.4 Å². The second-order valence-corrected chi connectivity index (χ2v) is 13.1. The lowest BCUT2D eigenvalue weighted by Crippen LogP contribution is -2.35. The molecule has 1 heterocycles. The molecule has 0 atom stereocenters. The summed E-state index contributed by atoms with van der Waals surface area (Å²) >= 11 is 0. The van der Waals surface area contributed by atoms with Gasteiger partial charge >= 0.3 is 0 Å². The van der Waals surface area contributed by atoms with Crippen molar-refractivity contribution in [3.63, 3.8) is 0 Å². The highest BCUT2D eigenvalue weighted by Gasteiger charge is 2.23. The third-order valence-corrected chi connectivity index (χ3v) is 9.33. The summed E-state index contributed by atoms with van der Waals surface area (Å²) in [6.07, 6.45) is 4.81. The van der Waals surface area contributed by atoms with Gasteiger partial charge in [0.25, 0.3) is 0 Å². The first kappa shape index (κ1) is 24.9. The molecule has 1 saturated carbocycles. The van der Waals surface area contributed by atoms with Gasteiger partial charge < -0.3 is 4.55 Å². The minimum atomic E-state index is -4.22. The highest BCUT2D eigenvalue weighted by atomic mass is 32.2. The van der Waals surface area contributed by atoms with Gasteiger partial charge in [-0.3, -0.25) is 0 Å². The molecular formula is C28H33NO3S2. The Morgan fingerprint density at radius 1 is 0.794 bits per heavy atom. The predicted octanol–water partition coefficient (Wildman–Crippen LogP) is 7.40. The molecule has 0 amide bonds. The SMILES string of the molecule is CC(C)(C)c1ccc(-[s+]2c3ccccc3c3ccccc32)cc1.O=S(=O)([O-])NC1CCCCC1. The summed E-state index contributed by atoms with van der Waals surface area (Å²) in [7, 11) is -4.20. The van der Waals surface area contributed by atoms with Gasteiger partial charge in [0.2, 0.25) is 0 Å². The lowest BCUT2D eigenvalue weighted by Gasteiger charge is -2.23. The molecule has 0 radical (unpaired) electrons. The second kappa shape index (κ2) is 10.2. The smallest absolute Gasteiger partial charge is 0.187 e. The largest absolute Gasteiger partial charge is 0.735 e. The summed E-state index contributed by atoms with van der Waals surface area (Å²) in [5.74, 6) is 0. The number of rotatable bonds is 3. The van der Waals surface area contributed by atoms with Gasteiger partial charge in [0.05, 0.1) is 0 Å². The fourth-order valence-electron chi connectivity index (χ4n) is 4.62. The maximum Gasteiger partial charge on any atom is 0.187 e. The summed E-state index contributed by atoms with van der Waals surface area (Å²) < 4.78 is 35.7. The molecule has 3 aromatic carbocycles. The summed E-state index contributed by atoms with van der Waals surface area (Å²) in [6.45, 7) is 6.80. The topological polar surface area (TPSA) is 69.2 Å². The molecule has 4 aromatic rings. The van der Waals surface area contributed by atoms with Crippen LogP contribution in [0.2, 0.25) is 0 Å². The van der Waals surface area contributed by atoms with E-state index in [1.54, 1.807) is 0 Å². The van der Waals surface area contributed by atoms with Gasteiger partial charge in [-0.15, -0.1) is 0 Å². The Kier molecular flexibility index (Phi) is 7.43. The van der Waals surface area contributed by atoms with Crippen molar-refractivity contribution in [1.29, 1.82) is 0 Å². The van der Waals surface area contributed by atoms with Crippen molar-refractivity contribution in [3.8, 4) is 4.90 Å². The van der Waals surface area contributed by atoms with E-state index in [1.165, 1.54) is 30.6 Å². The van der Waals surface area contributed by atoms with E-state index in [9.17, 15) is 13.0 Å². The molecule has 0 spiro atoms. The second-order valence-electron chi connectivity index (χ2n) is 9.98. The van der Waals surface area contributed by atoms with E-state index >= 15 is 0 Å². The number of benzene rings is 3. The van der Waals surface area contributed by atoms with Crippen molar-refractivity contribution < 1.29 is 13.0 Å². The Labute approximate surface area is 205 Å². The monoisotopic (exact) mass is 495 g/mol. The third-order valence-electron chi connectivity index (χ3n) is 6.38. The molecule has 1 aliphatic rings. The average molecular weight is 496 g/mol. The van der Waals surface area contributed by atoms with E-state index in [1.807, 2.05) is 0 Å². The molecule has 180 valence electrons. The molecular weight excluding hydrogens is 462 g/mol. The van der Waals surface area contributed by atoms with Crippen LogP contribution in [0.1, 0.15) is 58.4 Å².